The van der Waals surface area contributed by atoms with Crippen molar-refractivity contribution in [3.63, 3.8) is 0 Å². The summed E-state index contributed by atoms with van der Waals surface area (Å²) in [4.78, 5) is 14.2. The quantitative estimate of drug-likeness (QED) is 0.783. The predicted molar refractivity (Wildman–Crippen MR) is 84.4 cm³/mol. The summed E-state index contributed by atoms with van der Waals surface area (Å²) in [5, 5.41) is 2.95. The monoisotopic (exact) mass is 289 g/mol. The first-order valence-electron chi connectivity index (χ1n) is 6.80. The summed E-state index contributed by atoms with van der Waals surface area (Å²) in [5.74, 6) is 6.20. The van der Waals surface area contributed by atoms with Gasteiger partial charge < -0.3 is 20.7 Å². The Hall–Kier alpha value is -2.03. The molecule has 1 amide bonds. The zero-order chi connectivity index (χ0) is 15.8. The number of nitrogens with zero attached hydrogens (tertiary/aromatic N) is 1. The molecule has 1 aromatic carbocycles. The molecule has 0 radical (unpaired) electrons. The van der Waals surface area contributed by atoms with Crippen molar-refractivity contribution in [3.05, 3.63) is 29.3 Å². The summed E-state index contributed by atoms with van der Waals surface area (Å²) >= 11 is 0. The minimum Gasteiger partial charge on any atom is -0.495 e. The van der Waals surface area contributed by atoms with Crippen molar-refractivity contribution in [2.24, 2.45) is 5.73 Å². The number of hydrogen-bond acceptors (Lipinski definition) is 4. The van der Waals surface area contributed by atoms with E-state index >= 15 is 0 Å². The molecule has 5 heteroatoms. The van der Waals surface area contributed by atoms with Crippen molar-refractivity contribution in [2.45, 2.75) is 13.0 Å². The summed E-state index contributed by atoms with van der Waals surface area (Å²) in [6.07, 6.45) is 0. The molecule has 1 aromatic rings. The Labute approximate surface area is 126 Å². The number of carbonyl (C=O) groups is 1. The number of likely N-dealkylation sites (N-methyl/N-ethyl adjacent to an activating group) is 1. The standard InChI is InChI=1S/C16H23N3O2/c1-12(11-19(2)3)18-16(20)14-7-8-15(21-4)13(10-14)6-5-9-17/h7-8,10,12H,9,11,17H2,1-4H3,(H,18,20). The van der Waals surface area contributed by atoms with Gasteiger partial charge in [0.25, 0.3) is 5.91 Å². The number of nitrogens with two attached hydrogens (primary N) is 1. The van der Waals surface area contributed by atoms with Crippen LogP contribution < -0.4 is 15.8 Å². The van der Waals surface area contributed by atoms with Crippen LogP contribution in [0.2, 0.25) is 0 Å². The van der Waals surface area contributed by atoms with Crippen molar-refractivity contribution in [1.29, 1.82) is 0 Å². The largest absolute Gasteiger partial charge is 0.495 e. The topological polar surface area (TPSA) is 67.6 Å². The first kappa shape index (κ1) is 17.0. The van der Waals surface area contributed by atoms with E-state index in [1.54, 1.807) is 25.3 Å². The molecule has 5 nitrogen and oxygen atoms in total. The highest BCUT2D eigenvalue weighted by Gasteiger charge is 2.12. The normalized spacial score (nSPS) is 11.5. The Bertz CT molecular complexity index is 544. The summed E-state index contributed by atoms with van der Waals surface area (Å²) in [6.45, 7) is 3.01. The van der Waals surface area contributed by atoms with Gasteiger partial charge in [-0.2, -0.15) is 0 Å². The SMILES string of the molecule is COc1ccc(C(=O)NC(C)CN(C)C)cc1C#CCN. The van der Waals surface area contributed by atoms with Gasteiger partial charge in [-0.05, 0) is 39.2 Å². The van der Waals surface area contributed by atoms with Crippen LogP contribution in [0.15, 0.2) is 18.2 Å². The van der Waals surface area contributed by atoms with Gasteiger partial charge in [-0.25, -0.2) is 0 Å². The van der Waals surface area contributed by atoms with E-state index in [4.69, 9.17) is 10.5 Å². The summed E-state index contributed by atoms with van der Waals surface area (Å²) in [5.41, 5.74) is 6.60. The van der Waals surface area contributed by atoms with Crippen molar-refractivity contribution >= 4 is 5.91 Å². The Kier molecular flexibility index (Phi) is 6.73. The smallest absolute Gasteiger partial charge is 0.251 e. The van der Waals surface area contributed by atoms with Gasteiger partial charge >= 0.3 is 0 Å². The van der Waals surface area contributed by atoms with Gasteiger partial charge in [-0.15, -0.1) is 0 Å². The van der Waals surface area contributed by atoms with Gasteiger partial charge in [0, 0.05) is 18.2 Å². The van der Waals surface area contributed by atoms with Gasteiger partial charge in [-0.1, -0.05) is 11.8 Å². The first-order valence-corrected chi connectivity index (χ1v) is 6.80. The van der Waals surface area contributed by atoms with Crippen LogP contribution in [-0.2, 0) is 0 Å². The molecule has 0 bridgehead atoms. The Balaban J connectivity index is 2.90. The lowest BCUT2D eigenvalue weighted by molar-refractivity contribution is 0.0934. The molecule has 0 aliphatic carbocycles. The number of benzene rings is 1. The molecular formula is C16H23N3O2. The van der Waals surface area contributed by atoms with Crippen LogP contribution >= 0.6 is 0 Å². The highest BCUT2D eigenvalue weighted by Crippen LogP contribution is 2.18. The van der Waals surface area contributed by atoms with Gasteiger partial charge in [0.05, 0.1) is 19.2 Å². The molecule has 0 aliphatic rings. The summed E-state index contributed by atoms with van der Waals surface area (Å²) in [7, 11) is 5.51. The maximum Gasteiger partial charge on any atom is 0.251 e. The van der Waals surface area contributed by atoms with Crippen LogP contribution in [0.25, 0.3) is 0 Å². The van der Waals surface area contributed by atoms with E-state index in [0.29, 0.717) is 16.9 Å². The maximum absolute atomic E-state index is 12.2. The Morgan fingerprint density at radius 3 is 2.76 bits per heavy atom. The van der Waals surface area contributed by atoms with Gasteiger partial charge in [0.1, 0.15) is 5.75 Å². The van der Waals surface area contributed by atoms with E-state index in [0.717, 1.165) is 6.54 Å². The molecule has 0 saturated carbocycles. The molecule has 1 atom stereocenters. The van der Waals surface area contributed by atoms with E-state index in [2.05, 4.69) is 17.2 Å². The van der Waals surface area contributed by atoms with Crippen molar-refractivity contribution in [3.8, 4) is 17.6 Å². The van der Waals surface area contributed by atoms with Gasteiger partial charge in [-0.3, -0.25) is 4.79 Å². The zero-order valence-electron chi connectivity index (χ0n) is 13.1. The first-order chi connectivity index (χ1) is 9.97. The van der Waals surface area contributed by atoms with E-state index in [1.807, 2.05) is 25.9 Å². The van der Waals surface area contributed by atoms with E-state index in [9.17, 15) is 4.79 Å². The number of amides is 1. The molecule has 114 valence electrons. The predicted octanol–water partition coefficient (Wildman–Crippen LogP) is 0.685. The van der Waals surface area contributed by atoms with Crippen molar-refractivity contribution in [1.82, 2.24) is 10.2 Å². The number of nitrogens with one attached hydrogen (secondary N) is 1. The Morgan fingerprint density at radius 2 is 2.19 bits per heavy atom. The fourth-order valence-corrected chi connectivity index (χ4v) is 1.99. The van der Waals surface area contributed by atoms with Crippen LogP contribution in [0.4, 0.5) is 0 Å². The number of ether oxygens (including phenoxy) is 1. The fraction of sp³-hybridized carbons (Fsp3) is 0.438. The number of methoxy groups -OCH3 is 1. The lowest BCUT2D eigenvalue weighted by atomic mass is 10.1. The highest BCUT2D eigenvalue weighted by molar-refractivity contribution is 5.95. The fourth-order valence-electron chi connectivity index (χ4n) is 1.99. The van der Waals surface area contributed by atoms with E-state index < -0.39 is 0 Å². The highest BCUT2D eigenvalue weighted by atomic mass is 16.5. The second kappa shape index (κ2) is 8.30. The summed E-state index contributed by atoms with van der Waals surface area (Å²) in [6, 6.07) is 5.25. The van der Waals surface area contributed by atoms with E-state index in [1.165, 1.54) is 0 Å². The molecule has 21 heavy (non-hydrogen) atoms. The summed E-state index contributed by atoms with van der Waals surface area (Å²) < 4.78 is 5.23. The average molecular weight is 289 g/mol. The number of rotatable bonds is 5. The molecule has 0 heterocycles. The molecule has 0 saturated heterocycles. The molecule has 1 unspecified atom stereocenters. The minimum absolute atomic E-state index is 0.0631. The lowest BCUT2D eigenvalue weighted by Gasteiger charge is -2.18. The number of hydrogen-bond donors (Lipinski definition) is 2. The lowest BCUT2D eigenvalue weighted by Crippen LogP contribution is -2.39. The van der Waals surface area contributed by atoms with Crippen LogP contribution in [0.1, 0.15) is 22.8 Å². The van der Waals surface area contributed by atoms with Crippen LogP contribution in [0, 0.1) is 11.8 Å². The molecule has 0 aromatic heterocycles. The minimum atomic E-state index is -0.122. The van der Waals surface area contributed by atoms with E-state index in [-0.39, 0.29) is 18.5 Å². The third-order valence-corrected chi connectivity index (χ3v) is 2.80. The third-order valence-electron chi connectivity index (χ3n) is 2.80. The van der Waals surface area contributed by atoms with Gasteiger partial charge in [0.15, 0.2) is 0 Å². The van der Waals surface area contributed by atoms with Crippen molar-refractivity contribution < 1.29 is 9.53 Å². The van der Waals surface area contributed by atoms with Crippen LogP contribution in [0.5, 0.6) is 5.75 Å². The molecule has 0 aliphatic heterocycles. The van der Waals surface area contributed by atoms with Gasteiger partial charge in [0.2, 0.25) is 0 Å². The average Bonchev–Trinajstić information content (AvgIpc) is 2.43. The molecule has 3 N–H and O–H groups in total. The second-order valence-corrected chi connectivity index (χ2v) is 5.06. The molecule has 0 fully saturated rings. The zero-order valence-corrected chi connectivity index (χ0v) is 13.1. The molecule has 1 rings (SSSR count). The van der Waals surface area contributed by atoms with Crippen LogP contribution in [0.3, 0.4) is 0 Å². The third kappa shape index (κ3) is 5.46. The molecule has 0 spiro atoms. The van der Waals surface area contributed by atoms with Crippen molar-refractivity contribution in [2.75, 3.05) is 34.3 Å². The molecular weight excluding hydrogens is 266 g/mol. The number of carbonyl (C=O) groups excluding carboxylic acids is 1. The maximum atomic E-state index is 12.2. The Morgan fingerprint density at radius 1 is 1.48 bits per heavy atom. The second-order valence-electron chi connectivity index (χ2n) is 5.06. The van der Waals surface area contributed by atoms with Crippen LogP contribution in [-0.4, -0.2) is 51.1 Å².